The second kappa shape index (κ2) is 9.26. The van der Waals surface area contributed by atoms with E-state index in [1.54, 1.807) is 4.90 Å². The summed E-state index contributed by atoms with van der Waals surface area (Å²) >= 11 is 0. The number of likely N-dealkylation sites (N-methyl/N-ethyl adjacent to an activating group) is 1. The maximum absolute atomic E-state index is 11.9. The zero-order valence-electron chi connectivity index (χ0n) is 12.2. The van der Waals surface area contributed by atoms with Crippen LogP contribution in [0.1, 0.15) is 13.8 Å². The topological polar surface area (TPSA) is 65.1 Å². The highest BCUT2D eigenvalue weighted by molar-refractivity contribution is 7.53. The Morgan fingerprint density at radius 1 is 1.21 bits per heavy atom. The van der Waals surface area contributed by atoms with Gasteiger partial charge in [0.05, 0.1) is 19.4 Å². The third kappa shape index (κ3) is 6.34. The second-order valence-electron chi connectivity index (χ2n) is 3.83. The molecule has 6 nitrogen and oxygen atoms in total. The lowest BCUT2D eigenvalue weighted by molar-refractivity contribution is -0.127. The van der Waals surface area contributed by atoms with Gasteiger partial charge in [-0.25, -0.2) is 0 Å². The number of carbonyl (C=O) groups is 1. The fourth-order valence-corrected chi connectivity index (χ4v) is 2.29. The van der Waals surface area contributed by atoms with Crippen LogP contribution in [-0.2, 0) is 23.1 Å². The van der Waals surface area contributed by atoms with Crippen LogP contribution in [0.4, 0.5) is 0 Å². The van der Waals surface area contributed by atoms with E-state index in [4.69, 9.17) is 13.8 Å². The molecule has 0 aliphatic heterocycles. The molecule has 0 saturated heterocycles. The summed E-state index contributed by atoms with van der Waals surface area (Å²) in [7, 11) is -0.392. The molecule has 112 valence electrons. The summed E-state index contributed by atoms with van der Waals surface area (Å²) < 4.78 is 26.5. The van der Waals surface area contributed by atoms with Gasteiger partial charge in [0.2, 0.25) is 0 Å². The fourth-order valence-electron chi connectivity index (χ4n) is 1.42. The normalized spacial score (nSPS) is 11.4. The van der Waals surface area contributed by atoms with E-state index in [1.165, 1.54) is 14.2 Å². The second-order valence-corrected chi connectivity index (χ2v) is 6.23. The zero-order chi connectivity index (χ0) is 14.9. The minimum absolute atomic E-state index is 0.114. The number of hydrogen-bond acceptors (Lipinski definition) is 5. The molecule has 0 atom stereocenters. The van der Waals surface area contributed by atoms with Crippen LogP contribution in [0.2, 0.25) is 0 Å². The van der Waals surface area contributed by atoms with Crippen molar-refractivity contribution in [3.05, 3.63) is 12.2 Å². The first-order chi connectivity index (χ1) is 8.94. The third-order valence-electron chi connectivity index (χ3n) is 2.70. The Morgan fingerprint density at radius 3 is 2.16 bits per heavy atom. The summed E-state index contributed by atoms with van der Waals surface area (Å²) in [5.41, 5.74) is 0.383. The molecule has 0 aromatic rings. The molecular formula is C12H24NO5P. The van der Waals surface area contributed by atoms with Crippen LogP contribution >= 0.6 is 7.60 Å². The van der Waals surface area contributed by atoms with Gasteiger partial charge in [0.1, 0.15) is 0 Å². The van der Waals surface area contributed by atoms with Gasteiger partial charge in [0.25, 0.3) is 5.91 Å². The first kappa shape index (κ1) is 18.3. The highest BCUT2D eigenvalue weighted by Gasteiger charge is 2.20. The number of ether oxygens (including phenoxy) is 1. The molecule has 1 amide bonds. The Labute approximate surface area is 115 Å². The number of rotatable bonds is 10. The monoisotopic (exact) mass is 293 g/mol. The molecule has 0 aromatic heterocycles. The average molecular weight is 293 g/mol. The molecule has 0 saturated carbocycles. The predicted molar refractivity (Wildman–Crippen MR) is 74.4 cm³/mol. The number of carbonyl (C=O) groups excluding carboxylic acids is 1. The molecule has 19 heavy (non-hydrogen) atoms. The Hall–Kier alpha value is -0.680. The standard InChI is InChI=1S/C12H24NO5P/c1-6-13(7-2)12(14)11(3)10-18-8-9-19(15,16-4)17-5/h3,6-10H2,1-2,4-5H3. The van der Waals surface area contributed by atoms with Gasteiger partial charge in [-0.15, -0.1) is 0 Å². The van der Waals surface area contributed by atoms with E-state index in [-0.39, 0.29) is 25.3 Å². The van der Waals surface area contributed by atoms with Crippen LogP contribution in [0.5, 0.6) is 0 Å². The minimum atomic E-state index is -3.05. The molecular weight excluding hydrogens is 269 g/mol. The summed E-state index contributed by atoms with van der Waals surface area (Å²) in [6.45, 7) is 9.08. The smallest absolute Gasteiger partial charge is 0.332 e. The lowest BCUT2D eigenvalue weighted by Crippen LogP contribution is -2.32. The maximum atomic E-state index is 11.9. The van der Waals surface area contributed by atoms with E-state index in [2.05, 4.69) is 6.58 Å². The van der Waals surface area contributed by atoms with E-state index in [0.29, 0.717) is 18.7 Å². The molecule has 7 heteroatoms. The molecule has 0 aromatic carbocycles. The van der Waals surface area contributed by atoms with Crippen molar-refractivity contribution in [3.63, 3.8) is 0 Å². The van der Waals surface area contributed by atoms with Gasteiger partial charge < -0.3 is 18.7 Å². The number of nitrogens with zero attached hydrogens (tertiary/aromatic N) is 1. The highest BCUT2D eigenvalue weighted by Crippen LogP contribution is 2.45. The van der Waals surface area contributed by atoms with Crippen LogP contribution in [0.25, 0.3) is 0 Å². The van der Waals surface area contributed by atoms with Crippen LogP contribution in [0.3, 0.4) is 0 Å². The predicted octanol–water partition coefficient (Wildman–Crippen LogP) is 1.91. The molecule has 0 aliphatic carbocycles. The molecule has 0 aliphatic rings. The van der Waals surface area contributed by atoms with Crippen molar-refractivity contribution < 1.29 is 23.1 Å². The van der Waals surface area contributed by atoms with Crippen LogP contribution in [-0.4, -0.2) is 57.5 Å². The number of amides is 1. The Balaban J connectivity index is 4.05. The lowest BCUT2D eigenvalue weighted by atomic mass is 10.3. The molecule has 0 unspecified atom stereocenters. The van der Waals surface area contributed by atoms with Crippen molar-refractivity contribution >= 4 is 13.5 Å². The Kier molecular flexibility index (Phi) is 8.93. The van der Waals surface area contributed by atoms with Gasteiger partial charge >= 0.3 is 7.60 Å². The molecule has 0 bridgehead atoms. The average Bonchev–Trinajstić information content (AvgIpc) is 2.44. The van der Waals surface area contributed by atoms with Crippen molar-refractivity contribution in [1.82, 2.24) is 4.90 Å². The zero-order valence-corrected chi connectivity index (χ0v) is 13.1. The molecule has 0 heterocycles. The van der Waals surface area contributed by atoms with Crippen LogP contribution in [0, 0.1) is 0 Å². The fraction of sp³-hybridized carbons (Fsp3) is 0.750. The van der Waals surface area contributed by atoms with E-state index >= 15 is 0 Å². The largest absolute Gasteiger partial charge is 0.376 e. The minimum Gasteiger partial charge on any atom is -0.376 e. The van der Waals surface area contributed by atoms with Gasteiger partial charge in [-0.1, -0.05) is 6.58 Å². The third-order valence-corrected chi connectivity index (χ3v) is 4.54. The lowest BCUT2D eigenvalue weighted by Gasteiger charge is -2.20. The molecule has 0 N–H and O–H groups in total. The van der Waals surface area contributed by atoms with Gasteiger partial charge in [-0.3, -0.25) is 9.36 Å². The van der Waals surface area contributed by atoms with Gasteiger partial charge in [-0.05, 0) is 13.8 Å². The van der Waals surface area contributed by atoms with Gasteiger partial charge in [0.15, 0.2) is 0 Å². The Bertz CT molecular complexity index is 333. The molecule has 0 rings (SSSR count). The molecule has 0 radical (unpaired) electrons. The summed E-state index contributed by atoms with van der Waals surface area (Å²) in [4.78, 5) is 13.5. The van der Waals surface area contributed by atoms with Crippen molar-refractivity contribution in [2.24, 2.45) is 0 Å². The highest BCUT2D eigenvalue weighted by atomic mass is 31.2. The van der Waals surface area contributed by atoms with E-state index in [9.17, 15) is 9.36 Å². The first-order valence-electron chi connectivity index (χ1n) is 6.19. The maximum Gasteiger partial charge on any atom is 0.332 e. The van der Waals surface area contributed by atoms with Gasteiger partial charge in [-0.2, -0.15) is 0 Å². The van der Waals surface area contributed by atoms with E-state index in [0.717, 1.165) is 0 Å². The molecule has 0 spiro atoms. The molecule has 0 fully saturated rings. The van der Waals surface area contributed by atoms with E-state index in [1.807, 2.05) is 13.8 Å². The van der Waals surface area contributed by atoms with Gasteiger partial charge in [0, 0.05) is 32.9 Å². The SMILES string of the molecule is C=C(COCCP(=O)(OC)OC)C(=O)N(CC)CC. The summed E-state index contributed by atoms with van der Waals surface area (Å²) in [6, 6.07) is 0. The summed E-state index contributed by atoms with van der Waals surface area (Å²) in [6.07, 6.45) is 0.146. The van der Waals surface area contributed by atoms with E-state index < -0.39 is 7.60 Å². The van der Waals surface area contributed by atoms with Crippen molar-refractivity contribution in [2.45, 2.75) is 13.8 Å². The summed E-state index contributed by atoms with van der Waals surface area (Å²) in [5, 5.41) is 0. The first-order valence-corrected chi connectivity index (χ1v) is 7.92. The Morgan fingerprint density at radius 2 is 1.74 bits per heavy atom. The quantitative estimate of drug-likeness (QED) is 0.350. The van der Waals surface area contributed by atoms with Crippen molar-refractivity contribution in [3.8, 4) is 0 Å². The summed E-state index contributed by atoms with van der Waals surface area (Å²) in [5.74, 6) is -0.119. The van der Waals surface area contributed by atoms with Crippen LogP contribution < -0.4 is 0 Å². The van der Waals surface area contributed by atoms with Crippen molar-refractivity contribution in [2.75, 3.05) is 46.7 Å². The van der Waals surface area contributed by atoms with Crippen LogP contribution in [0.15, 0.2) is 12.2 Å². The van der Waals surface area contributed by atoms with Crippen molar-refractivity contribution in [1.29, 1.82) is 0 Å². The number of hydrogen-bond donors (Lipinski definition) is 0.